The van der Waals surface area contributed by atoms with Crippen molar-refractivity contribution in [3.05, 3.63) is 28.8 Å². The molecule has 2 rings (SSSR count). The number of nitrogens with zero attached hydrogens (tertiary/aromatic N) is 1. The van der Waals surface area contributed by atoms with E-state index in [0.29, 0.717) is 26.2 Å². The van der Waals surface area contributed by atoms with Crippen LogP contribution in [0.25, 0.3) is 0 Å². The fourth-order valence-electron chi connectivity index (χ4n) is 2.46. The van der Waals surface area contributed by atoms with Crippen molar-refractivity contribution in [2.45, 2.75) is 12.0 Å². The van der Waals surface area contributed by atoms with E-state index in [1.165, 1.54) is 18.2 Å². The maximum atomic E-state index is 14.1. The highest BCUT2D eigenvalue weighted by molar-refractivity contribution is 6.30. The Morgan fingerprint density at radius 1 is 1.33 bits per heavy atom. The van der Waals surface area contributed by atoms with Crippen LogP contribution in [0.5, 0.6) is 5.75 Å². The minimum atomic E-state index is -3.36. The highest BCUT2D eigenvalue weighted by atomic mass is 35.5. The van der Waals surface area contributed by atoms with Crippen LogP contribution in [-0.4, -0.2) is 53.8 Å². The van der Waals surface area contributed by atoms with Crippen LogP contribution in [0.3, 0.4) is 0 Å². The smallest absolute Gasteiger partial charge is 0.290 e. The molecular weight excluding hydrogens is 325 g/mol. The molecule has 1 saturated heterocycles. The Morgan fingerprint density at radius 2 is 1.95 bits per heavy atom. The number of phenolic OH excluding ortho intramolecular Hbond substituents is 1. The lowest BCUT2D eigenvalue weighted by Gasteiger charge is -2.39. The normalized spacial score (nSPS) is 18.1. The maximum absolute atomic E-state index is 14.1. The van der Waals surface area contributed by atoms with Crippen molar-refractivity contribution >= 4 is 24.0 Å². The first-order valence-corrected chi connectivity index (χ1v) is 6.75. The van der Waals surface area contributed by atoms with Gasteiger partial charge in [0.05, 0.1) is 0 Å². The van der Waals surface area contributed by atoms with E-state index >= 15 is 0 Å². The van der Waals surface area contributed by atoms with E-state index in [2.05, 4.69) is 5.32 Å². The molecule has 8 heteroatoms. The van der Waals surface area contributed by atoms with Gasteiger partial charge in [-0.25, -0.2) is 8.78 Å². The minimum absolute atomic E-state index is 0. The number of aliphatic hydroxyl groups excluding tert-OH is 1. The van der Waals surface area contributed by atoms with Crippen molar-refractivity contribution in [2.24, 2.45) is 0 Å². The van der Waals surface area contributed by atoms with Crippen molar-refractivity contribution < 1.29 is 19.0 Å². The van der Waals surface area contributed by atoms with E-state index in [1.807, 2.05) is 0 Å². The van der Waals surface area contributed by atoms with E-state index in [0.717, 1.165) is 0 Å². The number of hydrogen-bond donors (Lipinski definition) is 3. The number of piperazine rings is 1. The number of alkyl halides is 2. The Labute approximate surface area is 133 Å². The monoisotopic (exact) mass is 342 g/mol. The summed E-state index contributed by atoms with van der Waals surface area (Å²) in [5.74, 6) is -3.61. The molecule has 0 aromatic heterocycles. The molecule has 1 heterocycles. The fraction of sp³-hybridized carbons (Fsp3) is 0.538. The molecule has 1 fully saturated rings. The summed E-state index contributed by atoms with van der Waals surface area (Å²) in [5, 5.41) is 22.2. The third-order valence-electron chi connectivity index (χ3n) is 3.41. The Balaban J connectivity index is 0.00000220. The van der Waals surface area contributed by atoms with Gasteiger partial charge in [0.2, 0.25) is 0 Å². The molecule has 0 amide bonds. The molecular formula is C13H18Cl2F2N2O2. The predicted octanol–water partition coefficient (Wildman–Crippen LogP) is 2.04. The number of halogens is 4. The van der Waals surface area contributed by atoms with Gasteiger partial charge in [-0.2, -0.15) is 0 Å². The number of rotatable bonds is 4. The predicted molar refractivity (Wildman–Crippen MR) is 79.6 cm³/mol. The zero-order valence-corrected chi connectivity index (χ0v) is 12.8. The van der Waals surface area contributed by atoms with Crippen molar-refractivity contribution in [1.82, 2.24) is 10.2 Å². The second-order valence-corrected chi connectivity index (χ2v) is 5.25. The minimum Gasteiger partial charge on any atom is -0.508 e. The average Bonchev–Trinajstić information content (AvgIpc) is 2.44. The number of phenols is 1. The van der Waals surface area contributed by atoms with Gasteiger partial charge < -0.3 is 15.5 Å². The van der Waals surface area contributed by atoms with E-state index in [-0.39, 0.29) is 28.7 Å². The quantitative estimate of drug-likeness (QED) is 0.783. The molecule has 0 bridgehead atoms. The van der Waals surface area contributed by atoms with Crippen LogP contribution in [0.2, 0.25) is 5.02 Å². The Kier molecular flexibility index (Phi) is 6.62. The SMILES string of the molecule is Cl.OCC(F)(F)[C@@H](c1cc(Cl)ccc1O)N1CCNCC1. The molecule has 4 nitrogen and oxygen atoms in total. The highest BCUT2D eigenvalue weighted by Gasteiger charge is 2.45. The molecule has 0 unspecified atom stereocenters. The molecule has 1 aliphatic heterocycles. The molecule has 0 aliphatic carbocycles. The summed E-state index contributed by atoms with van der Waals surface area (Å²) in [7, 11) is 0. The van der Waals surface area contributed by atoms with E-state index in [4.69, 9.17) is 16.7 Å². The van der Waals surface area contributed by atoms with Crippen molar-refractivity contribution in [1.29, 1.82) is 0 Å². The Hall–Kier alpha value is -0.660. The molecule has 1 aromatic carbocycles. The van der Waals surface area contributed by atoms with Gasteiger partial charge in [0.15, 0.2) is 0 Å². The molecule has 1 atom stereocenters. The molecule has 1 aromatic rings. The molecule has 0 radical (unpaired) electrons. The number of aliphatic hydroxyl groups is 1. The van der Waals surface area contributed by atoms with Gasteiger partial charge in [-0.3, -0.25) is 4.90 Å². The van der Waals surface area contributed by atoms with E-state index in [9.17, 15) is 13.9 Å². The second-order valence-electron chi connectivity index (χ2n) is 4.81. The summed E-state index contributed by atoms with van der Waals surface area (Å²) in [6.45, 7) is 0.699. The third-order valence-corrected chi connectivity index (χ3v) is 3.65. The lowest BCUT2D eigenvalue weighted by atomic mass is 9.97. The van der Waals surface area contributed by atoms with Crippen molar-refractivity contribution in [3.8, 4) is 5.75 Å². The first kappa shape index (κ1) is 18.4. The molecule has 0 spiro atoms. The van der Waals surface area contributed by atoms with Crippen LogP contribution in [0, 0.1) is 0 Å². The molecule has 0 saturated carbocycles. The summed E-state index contributed by atoms with van der Waals surface area (Å²) < 4.78 is 28.3. The van der Waals surface area contributed by atoms with Gasteiger partial charge in [-0.05, 0) is 18.2 Å². The van der Waals surface area contributed by atoms with Gasteiger partial charge in [0.1, 0.15) is 18.4 Å². The second kappa shape index (κ2) is 7.56. The first-order valence-electron chi connectivity index (χ1n) is 6.37. The third kappa shape index (κ3) is 4.17. The molecule has 3 N–H and O–H groups in total. The highest BCUT2D eigenvalue weighted by Crippen LogP contribution is 2.41. The lowest BCUT2D eigenvalue weighted by Crippen LogP contribution is -2.51. The van der Waals surface area contributed by atoms with Crippen molar-refractivity contribution in [2.75, 3.05) is 32.8 Å². The topological polar surface area (TPSA) is 55.7 Å². The zero-order chi connectivity index (χ0) is 14.8. The largest absolute Gasteiger partial charge is 0.508 e. The summed E-state index contributed by atoms with van der Waals surface area (Å²) in [6.07, 6.45) is 0. The Bertz CT molecular complexity index is 471. The van der Waals surface area contributed by atoms with Gasteiger partial charge in [-0.15, -0.1) is 12.4 Å². The lowest BCUT2D eigenvalue weighted by molar-refractivity contribution is -0.119. The summed E-state index contributed by atoms with van der Waals surface area (Å²) in [4.78, 5) is 1.55. The maximum Gasteiger partial charge on any atom is 0.290 e. The van der Waals surface area contributed by atoms with Gasteiger partial charge in [0, 0.05) is 36.8 Å². The van der Waals surface area contributed by atoms with E-state index < -0.39 is 18.6 Å². The Morgan fingerprint density at radius 3 is 2.52 bits per heavy atom. The molecule has 21 heavy (non-hydrogen) atoms. The van der Waals surface area contributed by atoms with Crippen LogP contribution < -0.4 is 5.32 Å². The number of aromatic hydroxyl groups is 1. The standard InChI is InChI=1S/C13H17ClF2N2O2.ClH/c14-9-1-2-11(20)10(7-9)12(13(15,16)8-19)18-5-3-17-4-6-18;/h1-2,7,12,17,19-20H,3-6,8H2;1H/t12-;/m1./s1. The van der Waals surface area contributed by atoms with Crippen LogP contribution in [0.1, 0.15) is 11.6 Å². The van der Waals surface area contributed by atoms with Crippen LogP contribution in [0.15, 0.2) is 18.2 Å². The summed E-state index contributed by atoms with van der Waals surface area (Å²) in [6, 6.07) is 2.66. The van der Waals surface area contributed by atoms with Gasteiger partial charge in [0.25, 0.3) is 5.92 Å². The number of benzene rings is 1. The summed E-state index contributed by atoms with van der Waals surface area (Å²) in [5.41, 5.74) is 0.0402. The molecule has 1 aliphatic rings. The van der Waals surface area contributed by atoms with Crippen LogP contribution in [0.4, 0.5) is 8.78 Å². The average molecular weight is 343 g/mol. The molecule has 120 valence electrons. The summed E-state index contributed by atoms with van der Waals surface area (Å²) >= 11 is 5.84. The van der Waals surface area contributed by atoms with Crippen LogP contribution >= 0.6 is 24.0 Å². The number of nitrogens with one attached hydrogen (secondary N) is 1. The van der Waals surface area contributed by atoms with Crippen molar-refractivity contribution in [3.63, 3.8) is 0 Å². The number of hydrogen-bond acceptors (Lipinski definition) is 4. The van der Waals surface area contributed by atoms with E-state index in [1.54, 1.807) is 4.90 Å². The zero-order valence-electron chi connectivity index (χ0n) is 11.2. The van der Waals surface area contributed by atoms with Gasteiger partial charge in [-0.1, -0.05) is 11.6 Å². The van der Waals surface area contributed by atoms with Crippen LogP contribution in [-0.2, 0) is 0 Å². The first-order chi connectivity index (χ1) is 9.45. The van der Waals surface area contributed by atoms with Gasteiger partial charge >= 0.3 is 0 Å². The fourth-order valence-corrected chi connectivity index (χ4v) is 2.64.